The number of aliphatic hydroxyl groups is 2. The molecule has 2 N–H and O–H groups in total. The number of hydrogen-bond acceptors (Lipinski definition) is 12. The monoisotopic (exact) mass is 683 g/mol. The first-order valence-corrected chi connectivity index (χ1v) is 17.2. The van der Waals surface area contributed by atoms with Gasteiger partial charge in [0.15, 0.2) is 5.60 Å². The van der Waals surface area contributed by atoms with Gasteiger partial charge in [0.2, 0.25) is 5.78 Å². The third kappa shape index (κ3) is 5.78. The fraction of sp³-hybridized carbons (Fsp3) is 0.676. The molecule has 0 saturated heterocycles. The van der Waals surface area contributed by atoms with Crippen LogP contribution in [0.3, 0.4) is 0 Å². The first-order valence-electron chi connectivity index (χ1n) is 17.2. The highest BCUT2D eigenvalue weighted by molar-refractivity contribution is 5.98. The Morgan fingerprint density at radius 2 is 1.80 bits per heavy atom. The Kier molecular flexibility index (Phi) is 9.66. The van der Waals surface area contributed by atoms with Gasteiger partial charge in [0.25, 0.3) is 0 Å². The van der Waals surface area contributed by atoms with E-state index in [2.05, 4.69) is 4.98 Å². The van der Waals surface area contributed by atoms with Crippen LogP contribution in [-0.4, -0.2) is 81.0 Å². The van der Waals surface area contributed by atoms with Crippen LogP contribution in [0, 0.1) is 40.4 Å². The van der Waals surface area contributed by atoms with Crippen molar-refractivity contribution in [3.8, 4) is 0 Å². The van der Waals surface area contributed by atoms with Crippen LogP contribution in [0.4, 0.5) is 0 Å². The van der Waals surface area contributed by atoms with Gasteiger partial charge in [0.05, 0.1) is 23.0 Å². The van der Waals surface area contributed by atoms with Gasteiger partial charge in [-0.15, -0.1) is 0 Å². The molecule has 12 nitrogen and oxygen atoms in total. The van der Waals surface area contributed by atoms with Crippen molar-refractivity contribution in [3.63, 3.8) is 0 Å². The van der Waals surface area contributed by atoms with Crippen LogP contribution in [0.1, 0.15) is 91.4 Å². The summed E-state index contributed by atoms with van der Waals surface area (Å²) in [6.07, 6.45) is 0.774. The molecule has 4 aliphatic carbocycles. The molecule has 12 heteroatoms. The van der Waals surface area contributed by atoms with Crippen molar-refractivity contribution in [1.29, 1.82) is 0 Å². The summed E-state index contributed by atoms with van der Waals surface area (Å²) in [4.78, 5) is 72.6. The number of fused-ring (bicyclic) bond motifs is 4. The van der Waals surface area contributed by atoms with Gasteiger partial charge in [-0.25, -0.2) is 9.59 Å². The largest absolute Gasteiger partial charge is 0.461 e. The van der Waals surface area contributed by atoms with Gasteiger partial charge in [-0.3, -0.25) is 19.4 Å². The third-order valence-corrected chi connectivity index (χ3v) is 12.0. The number of hydrogen-bond donors (Lipinski definition) is 2. The van der Waals surface area contributed by atoms with Gasteiger partial charge in [-0.05, 0) is 75.3 Å². The number of ether oxygens (including phenoxy) is 4. The van der Waals surface area contributed by atoms with Crippen LogP contribution >= 0.6 is 0 Å². The van der Waals surface area contributed by atoms with E-state index in [4.69, 9.17) is 18.9 Å². The predicted molar refractivity (Wildman–Crippen MR) is 173 cm³/mol. The number of esters is 4. The van der Waals surface area contributed by atoms with Crippen molar-refractivity contribution in [3.05, 3.63) is 41.7 Å². The first-order chi connectivity index (χ1) is 22.9. The van der Waals surface area contributed by atoms with E-state index in [1.54, 1.807) is 32.9 Å². The standard InChI is InChI=1S/C37H49NO11/c1-9-12-25(41)47-28-20(4)16-37(45)27(28)30(48-31(42)19(3)10-2)36(18-46-32(43)22-13-11-14-38-17-22)24(40)15-23-26(34(23,6)7)29(36)35(8,33(37)44)49-21(5)39/h10-11,13-14,17,20,23-24,26-30,40,45H,9,12,15-16,18H2,1-8H3. The first kappa shape index (κ1) is 36.6. The molecule has 0 aliphatic heterocycles. The van der Waals surface area contributed by atoms with E-state index in [9.17, 15) is 29.4 Å². The van der Waals surface area contributed by atoms with E-state index in [1.165, 1.54) is 25.4 Å². The minimum Gasteiger partial charge on any atom is -0.461 e. The van der Waals surface area contributed by atoms with Gasteiger partial charge in [0.1, 0.15) is 24.4 Å². The molecular weight excluding hydrogens is 634 g/mol. The Balaban J connectivity index is 1.82. The van der Waals surface area contributed by atoms with Crippen molar-refractivity contribution in [2.45, 2.75) is 111 Å². The lowest BCUT2D eigenvalue weighted by molar-refractivity contribution is -0.229. The van der Waals surface area contributed by atoms with Crippen LogP contribution in [-0.2, 0) is 38.1 Å². The van der Waals surface area contributed by atoms with E-state index >= 15 is 4.79 Å². The second-order valence-electron chi connectivity index (χ2n) is 15.3. The zero-order valence-electron chi connectivity index (χ0n) is 29.6. The summed E-state index contributed by atoms with van der Waals surface area (Å²) in [5.41, 5.74) is -6.42. The van der Waals surface area contributed by atoms with Crippen molar-refractivity contribution >= 4 is 29.7 Å². The topological polar surface area (TPSA) is 176 Å². The van der Waals surface area contributed by atoms with Crippen LogP contribution in [0.15, 0.2) is 36.2 Å². The lowest BCUT2D eigenvalue weighted by Gasteiger charge is -2.54. The number of carbonyl (C=O) groups is 5. The fourth-order valence-corrected chi connectivity index (χ4v) is 9.61. The summed E-state index contributed by atoms with van der Waals surface area (Å²) in [5.74, 6) is -7.49. The molecule has 0 amide bonds. The number of aromatic nitrogens is 1. The molecular formula is C37H49NO11. The van der Waals surface area contributed by atoms with Crippen LogP contribution < -0.4 is 0 Å². The molecule has 4 fully saturated rings. The molecule has 0 radical (unpaired) electrons. The number of Topliss-reactive ketones (excluding diaryl/α,β-unsaturated/α-hetero) is 1. The van der Waals surface area contributed by atoms with E-state index in [0.717, 1.165) is 6.92 Å². The predicted octanol–water partition coefficient (Wildman–Crippen LogP) is 3.76. The molecule has 0 spiro atoms. The number of rotatable bonds is 9. The molecule has 268 valence electrons. The minimum absolute atomic E-state index is 0.0622. The van der Waals surface area contributed by atoms with Gasteiger partial charge in [-0.2, -0.15) is 0 Å². The van der Waals surface area contributed by atoms with Crippen LogP contribution in [0.5, 0.6) is 0 Å². The number of carbonyl (C=O) groups excluding carboxylic acids is 5. The Labute approximate surface area is 286 Å². The molecule has 11 atom stereocenters. The summed E-state index contributed by atoms with van der Waals surface area (Å²) in [6, 6.07) is 3.07. The minimum atomic E-state index is -2.35. The van der Waals surface area contributed by atoms with Crippen molar-refractivity contribution in [1.82, 2.24) is 4.98 Å². The molecule has 49 heavy (non-hydrogen) atoms. The van der Waals surface area contributed by atoms with Crippen molar-refractivity contribution in [2.24, 2.45) is 40.4 Å². The molecule has 11 unspecified atom stereocenters. The Morgan fingerprint density at radius 3 is 2.39 bits per heavy atom. The Bertz CT molecular complexity index is 1540. The maximum Gasteiger partial charge on any atom is 0.339 e. The van der Waals surface area contributed by atoms with Crippen LogP contribution in [0.25, 0.3) is 0 Å². The third-order valence-electron chi connectivity index (χ3n) is 12.0. The summed E-state index contributed by atoms with van der Waals surface area (Å²) in [5, 5.41) is 25.3. The molecule has 4 saturated carbocycles. The zero-order valence-corrected chi connectivity index (χ0v) is 29.6. The number of pyridine rings is 1. The number of aliphatic hydroxyl groups excluding tert-OH is 1. The van der Waals surface area contributed by atoms with Gasteiger partial charge in [0, 0.05) is 37.2 Å². The lowest BCUT2D eigenvalue weighted by Crippen LogP contribution is -2.66. The van der Waals surface area contributed by atoms with Gasteiger partial charge < -0.3 is 29.2 Å². The number of allylic oxidation sites excluding steroid dienone is 1. The molecule has 4 aliphatic rings. The zero-order chi connectivity index (χ0) is 36.3. The second kappa shape index (κ2) is 12.9. The molecule has 5 rings (SSSR count). The second-order valence-corrected chi connectivity index (χ2v) is 15.3. The van der Waals surface area contributed by atoms with E-state index in [1.807, 2.05) is 20.8 Å². The van der Waals surface area contributed by atoms with Crippen molar-refractivity contribution in [2.75, 3.05) is 6.61 Å². The Hall–Kier alpha value is -3.64. The molecule has 1 aromatic heterocycles. The molecule has 1 aromatic rings. The highest BCUT2D eigenvalue weighted by Gasteiger charge is 2.83. The summed E-state index contributed by atoms with van der Waals surface area (Å²) < 4.78 is 24.4. The molecule has 1 heterocycles. The normalized spacial score (nSPS) is 39.0. The van der Waals surface area contributed by atoms with Gasteiger partial charge in [-0.1, -0.05) is 33.8 Å². The maximum absolute atomic E-state index is 15.2. The van der Waals surface area contributed by atoms with E-state index < -0.39 is 100 Å². The molecule has 0 bridgehead atoms. The number of nitrogens with zero attached hydrogens (tertiary/aromatic N) is 1. The highest BCUT2D eigenvalue weighted by Crippen LogP contribution is 2.75. The highest BCUT2D eigenvalue weighted by atomic mass is 16.6. The number of ketones is 1. The van der Waals surface area contributed by atoms with Crippen molar-refractivity contribution < 1.29 is 53.1 Å². The summed E-state index contributed by atoms with van der Waals surface area (Å²) in [7, 11) is 0. The van der Waals surface area contributed by atoms with Crippen LogP contribution in [0.2, 0.25) is 0 Å². The average molecular weight is 684 g/mol. The van der Waals surface area contributed by atoms with Gasteiger partial charge >= 0.3 is 23.9 Å². The fourth-order valence-electron chi connectivity index (χ4n) is 9.61. The van der Waals surface area contributed by atoms with E-state index in [-0.39, 0.29) is 36.3 Å². The smallest absolute Gasteiger partial charge is 0.339 e. The summed E-state index contributed by atoms with van der Waals surface area (Å²) >= 11 is 0. The lowest BCUT2D eigenvalue weighted by atomic mass is 9.55. The molecule has 0 aromatic carbocycles. The van der Waals surface area contributed by atoms with E-state index in [0.29, 0.717) is 6.42 Å². The maximum atomic E-state index is 15.2. The quantitative estimate of drug-likeness (QED) is 0.219. The SMILES string of the molecule is CC=C(C)C(=O)OC1C2C(OC(=O)CCC)C(C)CC2(O)C(=O)C(C)(OC(C)=O)C2C3C(CC(O)C12COC(=O)c1cccnc1)C3(C)C. The summed E-state index contributed by atoms with van der Waals surface area (Å²) in [6.45, 7) is 12.7. The average Bonchev–Trinajstić information content (AvgIpc) is 3.48. The Morgan fingerprint density at radius 1 is 1.10 bits per heavy atom.